The summed E-state index contributed by atoms with van der Waals surface area (Å²) in [5, 5.41) is 18.2. The van der Waals surface area contributed by atoms with Gasteiger partial charge in [-0.3, -0.25) is 4.68 Å². The first-order valence-electron chi connectivity index (χ1n) is 5.52. The zero-order valence-corrected chi connectivity index (χ0v) is 11.4. The highest BCUT2D eigenvalue weighted by molar-refractivity contribution is 9.10. The summed E-state index contributed by atoms with van der Waals surface area (Å²) >= 11 is 3.53. The van der Waals surface area contributed by atoms with Crippen molar-refractivity contribution in [2.24, 2.45) is 0 Å². The number of nitrogens with one attached hydrogen (secondary N) is 2. The van der Waals surface area contributed by atoms with Crippen molar-refractivity contribution >= 4 is 15.9 Å². The van der Waals surface area contributed by atoms with Crippen LogP contribution >= 0.6 is 15.9 Å². The fraction of sp³-hybridized carbons (Fsp3) is 0.500. The molecule has 0 radical (unpaired) electrons. The lowest BCUT2D eigenvalue weighted by molar-refractivity contribution is 0.527. The molecule has 0 aliphatic rings. The molecule has 1 unspecified atom stereocenters. The van der Waals surface area contributed by atoms with Gasteiger partial charge in [0.05, 0.1) is 28.6 Å². The molecule has 6 nitrogen and oxygen atoms in total. The second-order valence-corrected chi connectivity index (χ2v) is 4.57. The predicted octanol–water partition coefficient (Wildman–Crippen LogP) is 1.48. The van der Waals surface area contributed by atoms with Gasteiger partial charge in [0.25, 0.3) is 0 Å². The number of nitrogens with zero attached hydrogens (tertiary/aromatic N) is 4. The molecule has 2 aromatic rings. The van der Waals surface area contributed by atoms with E-state index in [2.05, 4.69) is 48.7 Å². The summed E-state index contributed by atoms with van der Waals surface area (Å²) < 4.78 is 2.97. The lowest BCUT2D eigenvalue weighted by atomic mass is 10.1. The molecule has 0 spiro atoms. The minimum atomic E-state index is -0.0165. The van der Waals surface area contributed by atoms with Crippen LogP contribution in [-0.2, 0) is 6.54 Å². The van der Waals surface area contributed by atoms with E-state index in [1.54, 1.807) is 6.20 Å². The maximum Gasteiger partial charge on any atom is 0.105 e. The zero-order valence-electron chi connectivity index (χ0n) is 9.81. The van der Waals surface area contributed by atoms with Crippen molar-refractivity contribution in [3.8, 4) is 0 Å². The van der Waals surface area contributed by atoms with Gasteiger partial charge in [-0.1, -0.05) is 6.92 Å². The Morgan fingerprint density at radius 3 is 2.94 bits per heavy atom. The van der Waals surface area contributed by atoms with E-state index in [4.69, 9.17) is 0 Å². The molecule has 0 saturated carbocycles. The number of aromatic nitrogens is 5. The molecule has 0 aliphatic heterocycles. The summed E-state index contributed by atoms with van der Waals surface area (Å²) in [6.07, 6.45) is 4.57. The third-order valence-corrected chi connectivity index (χ3v) is 3.17. The first-order valence-corrected chi connectivity index (χ1v) is 6.31. The number of H-pyrrole nitrogens is 1. The van der Waals surface area contributed by atoms with Crippen molar-refractivity contribution in [2.75, 3.05) is 7.05 Å². The number of rotatable bonds is 5. The molecule has 92 valence electrons. The molecular formula is C10H15BrN6. The Bertz CT molecular complexity index is 463. The van der Waals surface area contributed by atoms with Crippen LogP contribution in [0.5, 0.6) is 0 Å². The smallest absolute Gasteiger partial charge is 0.105 e. The molecule has 1 atom stereocenters. The number of halogens is 1. The van der Waals surface area contributed by atoms with Gasteiger partial charge in [0.1, 0.15) is 5.69 Å². The van der Waals surface area contributed by atoms with E-state index in [1.807, 2.05) is 17.9 Å². The van der Waals surface area contributed by atoms with Gasteiger partial charge in [-0.15, -0.1) is 0 Å². The average Bonchev–Trinajstić information content (AvgIpc) is 2.94. The maximum absolute atomic E-state index is 4.36. The van der Waals surface area contributed by atoms with Crippen molar-refractivity contribution in [3.63, 3.8) is 0 Å². The highest BCUT2D eigenvalue weighted by Crippen LogP contribution is 2.27. The molecule has 2 aromatic heterocycles. The van der Waals surface area contributed by atoms with E-state index in [-0.39, 0.29) is 6.04 Å². The largest absolute Gasteiger partial charge is 0.307 e. The maximum atomic E-state index is 4.36. The standard InChI is InChI=1S/C10H15BrN6/c1-3-4-17-10(7(11)5-14-17)9(12-2)8-6-13-16-15-8/h5-6,9,12H,3-4H2,1-2H3,(H,13,15,16). The van der Waals surface area contributed by atoms with Gasteiger partial charge >= 0.3 is 0 Å². The van der Waals surface area contributed by atoms with Crippen LogP contribution < -0.4 is 5.32 Å². The lowest BCUT2D eigenvalue weighted by Gasteiger charge is -2.16. The van der Waals surface area contributed by atoms with E-state index in [0.29, 0.717) is 0 Å². The van der Waals surface area contributed by atoms with E-state index in [1.165, 1.54) is 0 Å². The predicted molar refractivity (Wildman–Crippen MR) is 67.5 cm³/mol. The number of aryl methyl sites for hydroxylation is 1. The van der Waals surface area contributed by atoms with Gasteiger partial charge in [-0.25, -0.2) is 0 Å². The fourth-order valence-corrected chi connectivity index (χ4v) is 2.35. The van der Waals surface area contributed by atoms with Crippen LogP contribution in [0.15, 0.2) is 16.9 Å². The Balaban J connectivity index is 2.39. The van der Waals surface area contributed by atoms with Crippen molar-refractivity contribution in [1.82, 2.24) is 30.5 Å². The van der Waals surface area contributed by atoms with E-state index >= 15 is 0 Å². The second-order valence-electron chi connectivity index (χ2n) is 3.72. The Hall–Kier alpha value is -1.21. The van der Waals surface area contributed by atoms with Gasteiger partial charge in [0.15, 0.2) is 0 Å². The Labute approximate surface area is 108 Å². The van der Waals surface area contributed by atoms with Crippen molar-refractivity contribution in [3.05, 3.63) is 28.3 Å². The van der Waals surface area contributed by atoms with Gasteiger partial charge in [-0.2, -0.15) is 20.5 Å². The SMILES string of the molecule is CCCn1ncc(Br)c1C(NC)c1cn[nH]n1. The first kappa shape index (κ1) is 12.3. The summed E-state index contributed by atoms with van der Waals surface area (Å²) in [6.45, 7) is 3.01. The molecule has 0 aliphatic carbocycles. The minimum absolute atomic E-state index is 0.0165. The second kappa shape index (κ2) is 5.42. The minimum Gasteiger partial charge on any atom is -0.307 e. The Kier molecular flexibility index (Phi) is 3.90. The van der Waals surface area contributed by atoms with Gasteiger partial charge in [0, 0.05) is 6.54 Å². The van der Waals surface area contributed by atoms with Gasteiger partial charge in [-0.05, 0) is 29.4 Å². The number of hydrogen-bond donors (Lipinski definition) is 2. The average molecular weight is 299 g/mol. The summed E-state index contributed by atoms with van der Waals surface area (Å²) in [6, 6.07) is -0.0165. The van der Waals surface area contributed by atoms with Crippen LogP contribution in [0, 0.1) is 0 Å². The summed E-state index contributed by atoms with van der Waals surface area (Å²) in [5.41, 5.74) is 1.93. The normalized spacial score (nSPS) is 12.9. The molecule has 17 heavy (non-hydrogen) atoms. The summed E-state index contributed by atoms with van der Waals surface area (Å²) in [5.74, 6) is 0. The summed E-state index contributed by atoms with van der Waals surface area (Å²) in [7, 11) is 1.90. The zero-order chi connectivity index (χ0) is 12.3. The molecule has 2 heterocycles. The van der Waals surface area contributed by atoms with Crippen LogP contribution in [0.1, 0.15) is 30.8 Å². The lowest BCUT2D eigenvalue weighted by Crippen LogP contribution is -2.22. The van der Waals surface area contributed by atoms with E-state index in [9.17, 15) is 0 Å². The molecule has 7 heteroatoms. The molecule has 0 amide bonds. The van der Waals surface area contributed by atoms with Gasteiger partial charge < -0.3 is 5.32 Å². The molecule has 0 bridgehead atoms. The quantitative estimate of drug-likeness (QED) is 0.877. The first-order chi connectivity index (χ1) is 8.27. The van der Waals surface area contributed by atoms with Crippen molar-refractivity contribution in [2.45, 2.75) is 25.9 Å². The topological polar surface area (TPSA) is 71.4 Å². The Morgan fingerprint density at radius 1 is 1.53 bits per heavy atom. The third kappa shape index (κ3) is 2.39. The van der Waals surface area contributed by atoms with Crippen molar-refractivity contribution in [1.29, 1.82) is 0 Å². The molecule has 0 aromatic carbocycles. The van der Waals surface area contributed by atoms with Crippen LogP contribution in [0.3, 0.4) is 0 Å². The van der Waals surface area contributed by atoms with Crippen LogP contribution in [0.25, 0.3) is 0 Å². The number of hydrogen-bond acceptors (Lipinski definition) is 4. The number of aromatic amines is 1. The fourth-order valence-electron chi connectivity index (χ4n) is 1.82. The highest BCUT2D eigenvalue weighted by atomic mass is 79.9. The molecule has 0 saturated heterocycles. The molecular weight excluding hydrogens is 284 g/mol. The Morgan fingerprint density at radius 2 is 2.35 bits per heavy atom. The summed E-state index contributed by atoms with van der Waals surface area (Å²) in [4.78, 5) is 0. The third-order valence-electron chi connectivity index (χ3n) is 2.56. The van der Waals surface area contributed by atoms with Gasteiger partial charge in [0.2, 0.25) is 0 Å². The molecule has 0 fully saturated rings. The van der Waals surface area contributed by atoms with Crippen LogP contribution in [-0.4, -0.2) is 32.2 Å². The van der Waals surface area contributed by atoms with E-state index < -0.39 is 0 Å². The molecule has 2 N–H and O–H groups in total. The monoisotopic (exact) mass is 298 g/mol. The van der Waals surface area contributed by atoms with Crippen LogP contribution in [0.4, 0.5) is 0 Å². The van der Waals surface area contributed by atoms with Crippen LogP contribution in [0.2, 0.25) is 0 Å². The van der Waals surface area contributed by atoms with E-state index in [0.717, 1.165) is 28.8 Å². The molecule has 2 rings (SSSR count). The highest BCUT2D eigenvalue weighted by Gasteiger charge is 2.22. The van der Waals surface area contributed by atoms with Crippen molar-refractivity contribution < 1.29 is 0 Å².